The number of nitrogens with zero attached hydrogens (tertiary/aromatic N) is 1. The number of allylic oxidation sites excluding steroid dienone is 7. The van der Waals surface area contributed by atoms with Gasteiger partial charge in [-0.3, -0.25) is 0 Å². The maximum atomic E-state index is 3.83. The molecule has 0 fully saturated rings. The van der Waals surface area contributed by atoms with E-state index >= 15 is 0 Å². The number of rotatable bonds is 9. The Morgan fingerprint density at radius 1 is 1.17 bits per heavy atom. The molecule has 0 amide bonds. The van der Waals surface area contributed by atoms with Crippen LogP contribution in [0.3, 0.4) is 0 Å². The molecule has 132 valence electrons. The molecule has 0 aliphatic heterocycles. The van der Waals surface area contributed by atoms with Gasteiger partial charge in [-0.25, -0.2) is 0 Å². The van der Waals surface area contributed by atoms with Gasteiger partial charge in [0.25, 0.3) is 0 Å². The summed E-state index contributed by atoms with van der Waals surface area (Å²) in [5, 5.41) is 0. The van der Waals surface area contributed by atoms with E-state index in [0.29, 0.717) is 12.1 Å². The van der Waals surface area contributed by atoms with Crippen LogP contribution < -0.4 is 0 Å². The molecule has 1 nitrogen and oxygen atoms in total. The van der Waals surface area contributed by atoms with Gasteiger partial charge >= 0.3 is 0 Å². The minimum absolute atomic E-state index is 0.254. The Bertz CT molecular complexity index is 431. The van der Waals surface area contributed by atoms with Crippen molar-refractivity contribution in [3.8, 4) is 0 Å². The van der Waals surface area contributed by atoms with Gasteiger partial charge in [0.15, 0.2) is 0 Å². The van der Waals surface area contributed by atoms with Gasteiger partial charge in [-0.2, -0.15) is 0 Å². The zero-order chi connectivity index (χ0) is 18.0. The van der Waals surface area contributed by atoms with E-state index in [1.807, 2.05) is 6.08 Å². The lowest BCUT2D eigenvalue weighted by Crippen LogP contribution is -2.45. The predicted molar refractivity (Wildman–Crippen MR) is 107 cm³/mol. The molecule has 0 saturated carbocycles. The lowest BCUT2D eigenvalue weighted by molar-refractivity contribution is 0.108. The van der Waals surface area contributed by atoms with Gasteiger partial charge in [0.1, 0.15) is 0 Å². The van der Waals surface area contributed by atoms with Crippen molar-refractivity contribution in [2.75, 3.05) is 0 Å². The lowest BCUT2D eigenvalue weighted by Gasteiger charge is -2.44. The Kier molecular flexibility index (Phi) is 9.95. The molecule has 0 aromatic carbocycles. The quantitative estimate of drug-likeness (QED) is 0.418. The van der Waals surface area contributed by atoms with Crippen molar-refractivity contribution in [1.29, 1.82) is 0 Å². The first-order valence-corrected chi connectivity index (χ1v) is 9.07. The monoisotopic (exact) mass is 317 g/mol. The molecule has 0 aromatic rings. The molecule has 0 bridgehead atoms. The van der Waals surface area contributed by atoms with Crippen molar-refractivity contribution in [3.05, 3.63) is 48.2 Å². The van der Waals surface area contributed by atoms with E-state index in [9.17, 15) is 0 Å². The first kappa shape index (κ1) is 21.8. The van der Waals surface area contributed by atoms with Gasteiger partial charge < -0.3 is 4.90 Å². The minimum atomic E-state index is 0.254. The first-order valence-electron chi connectivity index (χ1n) is 9.07. The van der Waals surface area contributed by atoms with Crippen LogP contribution in [0.2, 0.25) is 0 Å². The summed E-state index contributed by atoms with van der Waals surface area (Å²) >= 11 is 0. The second-order valence-electron chi connectivity index (χ2n) is 7.58. The molecule has 1 heteroatoms. The summed E-state index contributed by atoms with van der Waals surface area (Å²) in [6, 6.07) is 1.01. The summed E-state index contributed by atoms with van der Waals surface area (Å²) in [5.41, 5.74) is 3.10. The fourth-order valence-electron chi connectivity index (χ4n) is 2.85. The summed E-state index contributed by atoms with van der Waals surface area (Å²) in [7, 11) is 0. The Hall–Kier alpha value is -1.24. The van der Waals surface area contributed by atoms with Crippen LogP contribution in [0.25, 0.3) is 0 Å². The van der Waals surface area contributed by atoms with Crippen LogP contribution >= 0.6 is 0 Å². The maximum absolute atomic E-state index is 3.83. The molecule has 0 rings (SSSR count). The highest BCUT2D eigenvalue weighted by atomic mass is 15.2. The first-order chi connectivity index (χ1) is 10.7. The Balaban J connectivity index is 5.27. The summed E-state index contributed by atoms with van der Waals surface area (Å²) in [6.07, 6.45) is 14.0. The van der Waals surface area contributed by atoms with Crippen molar-refractivity contribution in [2.24, 2.45) is 5.41 Å². The zero-order valence-electron chi connectivity index (χ0n) is 16.8. The summed E-state index contributed by atoms with van der Waals surface area (Å²) in [6.45, 7) is 22.1. The standard InChI is InChI=1S/C22H39N/c1-10-13-15-18(4)23(20(6)22(7,8)9)19(5)16-17-21(12-3)14-11-2/h10-11,13-15,19-20H,2,12,16-17H2,1,3-9H3/b13-10-,18-15+,21-14+. The number of hydrogen-bond donors (Lipinski definition) is 0. The van der Waals surface area contributed by atoms with Crippen molar-refractivity contribution in [3.63, 3.8) is 0 Å². The molecule has 0 radical (unpaired) electrons. The van der Waals surface area contributed by atoms with Crippen LogP contribution in [-0.4, -0.2) is 17.0 Å². The molecule has 0 aliphatic rings. The van der Waals surface area contributed by atoms with Gasteiger partial charge in [-0.1, -0.05) is 64.2 Å². The lowest BCUT2D eigenvalue weighted by atomic mass is 9.85. The molecular formula is C22H39N. The highest BCUT2D eigenvalue weighted by molar-refractivity contribution is 5.13. The fraction of sp³-hybridized carbons (Fsp3) is 0.636. The Morgan fingerprint density at radius 3 is 2.22 bits per heavy atom. The van der Waals surface area contributed by atoms with Gasteiger partial charge in [-0.05, 0) is 58.4 Å². The van der Waals surface area contributed by atoms with E-state index in [1.165, 1.54) is 17.7 Å². The molecule has 0 N–H and O–H groups in total. The summed E-state index contributed by atoms with van der Waals surface area (Å²) in [4.78, 5) is 2.60. The van der Waals surface area contributed by atoms with Gasteiger partial charge in [0, 0.05) is 17.8 Å². The minimum Gasteiger partial charge on any atom is -0.369 e. The molecule has 0 aromatic heterocycles. The number of hydrogen-bond acceptors (Lipinski definition) is 1. The van der Waals surface area contributed by atoms with Crippen molar-refractivity contribution < 1.29 is 0 Å². The maximum Gasteiger partial charge on any atom is 0.0309 e. The van der Waals surface area contributed by atoms with Crippen LogP contribution in [0.15, 0.2) is 48.2 Å². The molecule has 2 atom stereocenters. The van der Waals surface area contributed by atoms with Crippen molar-refractivity contribution in [2.45, 2.75) is 86.7 Å². The molecule has 0 aliphatic carbocycles. The molecule has 0 spiro atoms. The van der Waals surface area contributed by atoms with Gasteiger partial charge in [0.2, 0.25) is 0 Å². The molecule has 23 heavy (non-hydrogen) atoms. The molecular weight excluding hydrogens is 278 g/mol. The third kappa shape index (κ3) is 7.72. The van der Waals surface area contributed by atoms with E-state index in [4.69, 9.17) is 0 Å². The Morgan fingerprint density at radius 2 is 1.78 bits per heavy atom. The molecule has 2 unspecified atom stereocenters. The SMILES string of the molecule is C=C/C=C(\CC)CCC(C)N(/C(C)=C/C=C\C)C(C)C(C)(C)C. The van der Waals surface area contributed by atoms with E-state index in [0.717, 1.165) is 12.8 Å². The average Bonchev–Trinajstić information content (AvgIpc) is 2.48. The van der Waals surface area contributed by atoms with Crippen LogP contribution in [0, 0.1) is 5.41 Å². The summed E-state index contributed by atoms with van der Waals surface area (Å²) < 4.78 is 0. The highest BCUT2D eigenvalue weighted by Crippen LogP contribution is 2.30. The van der Waals surface area contributed by atoms with Crippen molar-refractivity contribution in [1.82, 2.24) is 4.90 Å². The van der Waals surface area contributed by atoms with E-state index < -0.39 is 0 Å². The van der Waals surface area contributed by atoms with Crippen LogP contribution in [0.4, 0.5) is 0 Å². The highest BCUT2D eigenvalue weighted by Gasteiger charge is 2.29. The normalized spacial score (nSPS) is 16.5. The fourth-order valence-corrected chi connectivity index (χ4v) is 2.85. The molecule has 0 saturated heterocycles. The van der Waals surface area contributed by atoms with Crippen molar-refractivity contribution >= 4 is 0 Å². The summed E-state index contributed by atoms with van der Waals surface area (Å²) in [5.74, 6) is 0. The van der Waals surface area contributed by atoms with E-state index in [-0.39, 0.29) is 5.41 Å². The molecule has 0 heterocycles. The topological polar surface area (TPSA) is 3.24 Å². The van der Waals surface area contributed by atoms with Gasteiger partial charge in [0.05, 0.1) is 0 Å². The average molecular weight is 318 g/mol. The second kappa shape index (κ2) is 10.5. The van der Waals surface area contributed by atoms with Crippen LogP contribution in [-0.2, 0) is 0 Å². The largest absolute Gasteiger partial charge is 0.369 e. The zero-order valence-corrected chi connectivity index (χ0v) is 16.8. The van der Waals surface area contributed by atoms with E-state index in [2.05, 4.69) is 91.2 Å². The third-order valence-corrected chi connectivity index (χ3v) is 4.77. The van der Waals surface area contributed by atoms with Crippen LogP contribution in [0.5, 0.6) is 0 Å². The Labute approximate surface area is 145 Å². The third-order valence-electron chi connectivity index (χ3n) is 4.77. The van der Waals surface area contributed by atoms with Crippen LogP contribution in [0.1, 0.15) is 74.7 Å². The second-order valence-corrected chi connectivity index (χ2v) is 7.58. The smallest absolute Gasteiger partial charge is 0.0309 e. The van der Waals surface area contributed by atoms with E-state index in [1.54, 1.807) is 0 Å². The van der Waals surface area contributed by atoms with Gasteiger partial charge in [-0.15, -0.1) is 0 Å². The predicted octanol–water partition coefficient (Wildman–Crippen LogP) is 6.89.